The van der Waals surface area contributed by atoms with Crippen molar-refractivity contribution in [3.8, 4) is 16.9 Å². The van der Waals surface area contributed by atoms with Crippen LogP contribution in [0.4, 0.5) is 23.1 Å². The lowest BCUT2D eigenvalue weighted by atomic mass is 9.94. The predicted molar refractivity (Wildman–Crippen MR) is 158 cm³/mol. The molecule has 1 aliphatic carbocycles. The van der Waals surface area contributed by atoms with Crippen molar-refractivity contribution in [2.45, 2.75) is 29.6 Å². The first-order chi connectivity index (χ1) is 19.9. The molecule has 10 nitrogen and oxygen atoms in total. The number of nitrogens with zero attached hydrogens (tertiary/aromatic N) is 2. The summed E-state index contributed by atoms with van der Waals surface area (Å²) in [6.45, 7) is 0.788. The Morgan fingerprint density at radius 2 is 1.80 bits per heavy atom. The normalized spacial score (nSPS) is 16.9. The molecule has 11 heteroatoms. The molecule has 1 aliphatic heterocycles. The van der Waals surface area contributed by atoms with E-state index in [-0.39, 0.29) is 17.3 Å². The minimum Gasteiger partial charge on any atom is -0.497 e. The van der Waals surface area contributed by atoms with Crippen molar-refractivity contribution in [1.82, 2.24) is 14.7 Å². The maximum Gasteiger partial charge on any atom is 0.240 e. The van der Waals surface area contributed by atoms with Gasteiger partial charge in [0.1, 0.15) is 11.6 Å². The van der Waals surface area contributed by atoms with Gasteiger partial charge in [0.2, 0.25) is 21.9 Å². The Bertz CT molecular complexity index is 1700. The number of sulfonamides is 1. The van der Waals surface area contributed by atoms with Gasteiger partial charge in [-0.25, -0.2) is 18.1 Å². The Balaban J connectivity index is 1.22. The topological polar surface area (TPSA) is 134 Å². The van der Waals surface area contributed by atoms with Gasteiger partial charge in [0.25, 0.3) is 0 Å². The van der Waals surface area contributed by atoms with E-state index in [1.807, 2.05) is 48.5 Å². The molecule has 2 aliphatic rings. The largest absolute Gasteiger partial charge is 0.497 e. The van der Waals surface area contributed by atoms with Crippen LogP contribution >= 0.6 is 0 Å². The number of ether oxygens (including phenoxy) is 1. The van der Waals surface area contributed by atoms with Crippen molar-refractivity contribution >= 4 is 39.1 Å². The fraction of sp³-hybridized carbons (Fsp3) is 0.233. The number of carbonyl (C=O) groups excluding carboxylic acids is 1. The number of hydrogen-bond donors (Lipinski definition) is 4. The molecule has 0 saturated heterocycles. The third kappa shape index (κ3) is 5.59. The predicted octanol–water partition coefficient (Wildman–Crippen LogP) is 4.66. The summed E-state index contributed by atoms with van der Waals surface area (Å²) in [5, 5.41) is 9.50. The van der Waals surface area contributed by atoms with Gasteiger partial charge in [0.05, 0.1) is 17.4 Å². The van der Waals surface area contributed by atoms with E-state index in [1.165, 1.54) is 0 Å². The van der Waals surface area contributed by atoms with E-state index in [4.69, 9.17) is 4.74 Å². The molecule has 1 saturated carbocycles. The van der Waals surface area contributed by atoms with Crippen molar-refractivity contribution in [3.05, 3.63) is 84.6 Å². The molecule has 4 N–H and O–H groups in total. The summed E-state index contributed by atoms with van der Waals surface area (Å²) >= 11 is 0. The first-order valence-electron chi connectivity index (χ1n) is 13.4. The summed E-state index contributed by atoms with van der Waals surface area (Å²) in [7, 11) is -2.00. The number of rotatable bonds is 5. The lowest BCUT2D eigenvalue weighted by molar-refractivity contribution is -0.118. The summed E-state index contributed by atoms with van der Waals surface area (Å²) in [5.41, 5.74) is 3.35. The summed E-state index contributed by atoms with van der Waals surface area (Å²) in [5.74, 6) is 1.67. The molecule has 2 heterocycles. The highest BCUT2D eigenvalue weighted by molar-refractivity contribution is 7.89. The number of fused-ring (bicyclic) bond motifs is 4. The van der Waals surface area contributed by atoms with E-state index in [2.05, 4.69) is 30.6 Å². The maximum atomic E-state index is 13.3. The van der Waals surface area contributed by atoms with Crippen LogP contribution < -0.4 is 25.4 Å². The molecule has 41 heavy (non-hydrogen) atoms. The molecule has 0 atom stereocenters. The van der Waals surface area contributed by atoms with E-state index in [9.17, 15) is 13.2 Å². The van der Waals surface area contributed by atoms with Crippen LogP contribution in [0, 0.1) is 0 Å². The Kier molecular flexibility index (Phi) is 7.06. The molecule has 3 aromatic carbocycles. The molecule has 4 bridgehead atoms. The second-order valence-electron chi connectivity index (χ2n) is 10.1. The third-order valence-corrected chi connectivity index (χ3v) is 8.85. The van der Waals surface area contributed by atoms with E-state index in [1.54, 1.807) is 37.6 Å². The SMILES string of the molecule is COc1cccc(C2(C(=O)Nc3ccc(-c4cnc5nc4NCCCNS(=O)(=O)c4cccc(c4)N5)cc3)CC2)c1. The Morgan fingerprint density at radius 3 is 2.59 bits per heavy atom. The van der Waals surface area contributed by atoms with Crippen molar-refractivity contribution in [2.24, 2.45) is 0 Å². The van der Waals surface area contributed by atoms with Gasteiger partial charge in [-0.05, 0) is 72.9 Å². The van der Waals surface area contributed by atoms with Crippen LogP contribution in [0.5, 0.6) is 5.75 Å². The highest BCUT2D eigenvalue weighted by Crippen LogP contribution is 2.49. The zero-order valence-electron chi connectivity index (χ0n) is 22.5. The zero-order valence-corrected chi connectivity index (χ0v) is 23.3. The number of methoxy groups -OCH3 is 1. The van der Waals surface area contributed by atoms with Gasteiger partial charge in [0.15, 0.2) is 0 Å². The van der Waals surface area contributed by atoms with Crippen molar-refractivity contribution in [2.75, 3.05) is 36.1 Å². The van der Waals surface area contributed by atoms with Crippen LogP contribution in [-0.4, -0.2) is 44.5 Å². The molecule has 0 unspecified atom stereocenters. The summed E-state index contributed by atoms with van der Waals surface area (Å²) < 4.78 is 33.2. The molecule has 1 fully saturated rings. The van der Waals surface area contributed by atoms with Crippen molar-refractivity contribution < 1.29 is 17.9 Å². The van der Waals surface area contributed by atoms with E-state index < -0.39 is 15.4 Å². The molecule has 1 aromatic heterocycles. The fourth-order valence-electron chi connectivity index (χ4n) is 4.92. The average Bonchev–Trinajstić information content (AvgIpc) is 3.80. The molecule has 0 spiro atoms. The molecule has 210 valence electrons. The molecular weight excluding hydrogens is 540 g/mol. The van der Waals surface area contributed by atoms with E-state index >= 15 is 0 Å². The van der Waals surface area contributed by atoms with Gasteiger partial charge >= 0.3 is 0 Å². The first-order valence-corrected chi connectivity index (χ1v) is 14.9. The first kappa shape index (κ1) is 26.7. The highest BCUT2D eigenvalue weighted by atomic mass is 32.2. The molecule has 4 aromatic rings. The highest BCUT2D eigenvalue weighted by Gasteiger charge is 2.51. The number of carbonyl (C=O) groups is 1. The number of hydrogen-bond acceptors (Lipinski definition) is 8. The van der Waals surface area contributed by atoms with Crippen LogP contribution in [0.3, 0.4) is 0 Å². The minimum absolute atomic E-state index is 0.0309. The Labute approximate surface area is 238 Å². The zero-order chi connectivity index (χ0) is 28.5. The van der Waals surface area contributed by atoms with Gasteiger partial charge in [-0.3, -0.25) is 4.79 Å². The Hall–Kier alpha value is -4.48. The number of amides is 1. The van der Waals surface area contributed by atoms with E-state index in [0.717, 1.165) is 35.3 Å². The lowest BCUT2D eigenvalue weighted by Crippen LogP contribution is -2.27. The second-order valence-corrected chi connectivity index (χ2v) is 11.9. The quantitative estimate of drug-likeness (QED) is 0.272. The summed E-state index contributed by atoms with van der Waals surface area (Å²) in [6, 6.07) is 21.8. The number of aromatic nitrogens is 2. The molecule has 0 radical (unpaired) electrons. The standard InChI is InChI=1S/C30H30N6O4S/c1-40-24-7-2-5-21(17-24)30(13-14-30)28(37)34-22-11-9-20(10-12-22)26-19-32-29-35-23-6-3-8-25(18-23)41(38,39)33-16-4-15-31-27(26)36-29/h2-3,5-12,17-19,33H,4,13-16H2,1H3,(H,34,37)(H2,31,32,35,36). The second kappa shape index (κ2) is 10.8. The number of anilines is 4. The van der Waals surface area contributed by atoms with Crippen LogP contribution in [0.15, 0.2) is 83.9 Å². The molecule has 1 amide bonds. The van der Waals surface area contributed by atoms with Crippen LogP contribution in [0.1, 0.15) is 24.8 Å². The Morgan fingerprint density at radius 1 is 1.00 bits per heavy atom. The molecular formula is C30H30N6O4S. The van der Waals surface area contributed by atoms with Crippen molar-refractivity contribution in [3.63, 3.8) is 0 Å². The number of nitrogens with one attached hydrogen (secondary N) is 4. The van der Waals surface area contributed by atoms with Gasteiger partial charge in [-0.2, -0.15) is 4.98 Å². The van der Waals surface area contributed by atoms with Crippen molar-refractivity contribution in [1.29, 1.82) is 0 Å². The van der Waals surface area contributed by atoms with Gasteiger partial charge in [0, 0.05) is 36.2 Å². The third-order valence-electron chi connectivity index (χ3n) is 7.39. The monoisotopic (exact) mass is 570 g/mol. The smallest absolute Gasteiger partial charge is 0.240 e. The van der Waals surface area contributed by atoms with Gasteiger partial charge < -0.3 is 20.7 Å². The molecule has 6 rings (SSSR count). The maximum absolute atomic E-state index is 13.3. The summed E-state index contributed by atoms with van der Waals surface area (Å²) in [4.78, 5) is 22.6. The van der Waals surface area contributed by atoms with Crippen LogP contribution in [0.25, 0.3) is 11.1 Å². The van der Waals surface area contributed by atoms with Crippen LogP contribution in [0.2, 0.25) is 0 Å². The number of benzene rings is 3. The average molecular weight is 571 g/mol. The summed E-state index contributed by atoms with van der Waals surface area (Å²) in [6.07, 6.45) is 3.88. The van der Waals surface area contributed by atoms with E-state index in [0.29, 0.717) is 36.1 Å². The van der Waals surface area contributed by atoms with Gasteiger partial charge in [-0.15, -0.1) is 0 Å². The minimum atomic E-state index is -3.62. The lowest BCUT2D eigenvalue weighted by Gasteiger charge is -2.17. The fourth-order valence-corrected chi connectivity index (χ4v) is 6.04. The van der Waals surface area contributed by atoms with Gasteiger partial charge in [-0.1, -0.05) is 30.3 Å². The van der Waals surface area contributed by atoms with Crippen LogP contribution in [-0.2, 0) is 20.2 Å².